The maximum atomic E-state index is 12.5. The molecule has 0 bridgehead atoms. The molecule has 138 valence electrons. The Balaban J connectivity index is 1.66. The maximum absolute atomic E-state index is 12.5. The summed E-state index contributed by atoms with van der Waals surface area (Å²) in [6, 6.07) is 7.70. The minimum Gasteiger partial charge on any atom is -0.449 e. The molecule has 0 fully saturated rings. The molecular formula is C21H25NO3S. The first kappa shape index (κ1) is 18.6. The molecule has 0 radical (unpaired) electrons. The smallest absolute Gasteiger partial charge is 0.340 e. The van der Waals surface area contributed by atoms with Crippen LogP contribution in [-0.2, 0) is 22.4 Å². The molecule has 0 spiro atoms. The van der Waals surface area contributed by atoms with Crippen LogP contribution in [0.1, 0.15) is 65.9 Å². The van der Waals surface area contributed by atoms with Gasteiger partial charge >= 0.3 is 5.97 Å². The molecule has 0 unspecified atom stereocenters. The van der Waals surface area contributed by atoms with E-state index in [4.69, 9.17) is 4.74 Å². The lowest BCUT2D eigenvalue weighted by atomic mass is 9.96. The van der Waals surface area contributed by atoms with Crippen LogP contribution in [0.3, 0.4) is 0 Å². The Bertz CT molecular complexity index is 809. The maximum Gasteiger partial charge on any atom is 0.340 e. The average Bonchev–Trinajstić information content (AvgIpc) is 3.06. The average molecular weight is 372 g/mol. The van der Waals surface area contributed by atoms with Crippen LogP contribution in [0, 0.1) is 0 Å². The van der Waals surface area contributed by atoms with Crippen molar-refractivity contribution < 1.29 is 14.3 Å². The van der Waals surface area contributed by atoms with E-state index in [0.29, 0.717) is 11.5 Å². The number of carbonyl (C=O) groups is 2. The van der Waals surface area contributed by atoms with Gasteiger partial charge in [0.15, 0.2) is 6.10 Å². The first-order valence-electron chi connectivity index (χ1n) is 9.17. The molecule has 26 heavy (non-hydrogen) atoms. The minimum absolute atomic E-state index is 0.293. The minimum atomic E-state index is -0.846. The van der Waals surface area contributed by atoms with E-state index in [9.17, 15) is 9.59 Å². The van der Waals surface area contributed by atoms with Gasteiger partial charge in [-0.05, 0) is 55.7 Å². The van der Waals surface area contributed by atoms with Crippen molar-refractivity contribution in [1.82, 2.24) is 0 Å². The summed E-state index contributed by atoms with van der Waals surface area (Å²) in [5, 5.41) is 4.76. The Hall–Kier alpha value is -2.14. The lowest BCUT2D eigenvalue weighted by Crippen LogP contribution is -2.30. The van der Waals surface area contributed by atoms with Crippen molar-refractivity contribution in [1.29, 1.82) is 0 Å². The number of aryl methyl sites for hydroxylation is 1. The molecule has 1 amide bonds. The standard InChI is InChI=1S/C21H25NO3S/c1-13(2)15-8-4-6-10-18(15)22-20(23)14(3)25-21(24)17-12-26-19-11-7-5-9-16(17)19/h4,6,8,10,12-14H,5,7,9,11H2,1-3H3,(H,22,23)/t14-/m1/s1. The van der Waals surface area contributed by atoms with E-state index in [1.165, 1.54) is 11.3 Å². The van der Waals surface area contributed by atoms with Crippen LogP contribution in [-0.4, -0.2) is 18.0 Å². The first-order valence-corrected chi connectivity index (χ1v) is 10.1. The monoisotopic (exact) mass is 371 g/mol. The third-order valence-corrected chi connectivity index (χ3v) is 5.86. The topological polar surface area (TPSA) is 55.4 Å². The molecule has 3 rings (SSSR count). The van der Waals surface area contributed by atoms with Crippen molar-refractivity contribution >= 4 is 28.9 Å². The summed E-state index contributed by atoms with van der Waals surface area (Å²) < 4.78 is 5.45. The number of rotatable bonds is 5. The Labute approximate surface area is 158 Å². The van der Waals surface area contributed by atoms with Crippen molar-refractivity contribution in [3.05, 3.63) is 51.2 Å². The summed E-state index contributed by atoms with van der Waals surface area (Å²) in [6.07, 6.45) is 3.39. The van der Waals surface area contributed by atoms with Gasteiger partial charge in [-0.15, -0.1) is 11.3 Å². The normalized spacial score (nSPS) is 14.6. The number of ether oxygens (including phenoxy) is 1. The number of nitrogens with one attached hydrogen (secondary N) is 1. The van der Waals surface area contributed by atoms with E-state index >= 15 is 0 Å². The zero-order chi connectivity index (χ0) is 18.7. The van der Waals surface area contributed by atoms with Gasteiger partial charge in [-0.25, -0.2) is 4.79 Å². The van der Waals surface area contributed by atoms with Gasteiger partial charge in [-0.3, -0.25) is 4.79 Å². The molecule has 1 atom stereocenters. The van der Waals surface area contributed by atoms with Gasteiger partial charge < -0.3 is 10.1 Å². The van der Waals surface area contributed by atoms with E-state index in [1.807, 2.05) is 29.6 Å². The summed E-state index contributed by atoms with van der Waals surface area (Å²) in [5.41, 5.74) is 3.57. The molecule has 0 saturated heterocycles. The number of esters is 1. The number of fused-ring (bicyclic) bond motifs is 1. The predicted octanol–water partition coefficient (Wildman–Crippen LogP) is 4.93. The van der Waals surface area contributed by atoms with E-state index < -0.39 is 12.1 Å². The molecule has 2 aromatic rings. The second-order valence-electron chi connectivity index (χ2n) is 7.04. The van der Waals surface area contributed by atoms with Gasteiger partial charge in [0.25, 0.3) is 5.91 Å². The second-order valence-corrected chi connectivity index (χ2v) is 8.00. The Morgan fingerprint density at radius 1 is 1.12 bits per heavy atom. The Morgan fingerprint density at radius 3 is 2.62 bits per heavy atom. The van der Waals surface area contributed by atoms with Gasteiger partial charge in [0.2, 0.25) is 0 Å². The highest BCUT2D eigenvalue weighted by molar-refractivity contribution is 7.10. The largest absolute Gasteiger partial charge is 0.449 e. The van der Waals surface area contributed by atoms with Crippen LogP contribution in [0.4, 0.5) is 5.69 Å². The fourth-order valence-corrected chi connectivity index (χ4v) is 4.41. The number of amides is 1. The van der Waals surface area contributed by atoms with Gasteiger partial charge in [-0.1, -0.05) is 32.0 Å². The van der Waals surface area contributed by atoms with Gasteiger partial charge in [-0.2, -0.15) is 0 Å². The summed E-state index contributed by atoms with van der Waals surface area (Å²) in [5.74, 6) is -0.415. The van der Waals surface area contributed by atoms with E-state index in [1.54, 1.807) is 18.3 Å². The highest BCUT2D eigenvalue weighted by Crippen LogP contribution is 2.31. The number of para-hydroxylation sites is 1. The molecule has 1 heterocycles. The van der Waals surface area contributed by atoms with Crippen molar-refractivity contribution in [3.63, 3.8) is 0 Å². The van der Waals surface area contributed by atoms with E-state index in [0.717, 1.165) is 36.1 Å². The third-order valence-electron chi connectivity index (χ3n) is 4.77. The van der Waals surface area contributed by atoms with Crippen LogP contribution in [0.2, 0.25) is 0 Å². The van der Waals surface area contributed by atoms with E-state index in [-0.39, 0.29) is 5.91 Å². The molecule has 0 aliphatic heterocycles. The van der Waals surface area contributed by atoms with Crippen molar-refractivity contribution in [2.24, 2.45) is 0 Å². The van der Waals surface area contributed by atoms with Crippen molar-refractivity contribution in [3.8, 4) is 0 Å². The van der Waals surface area contributed by atoms with Crippen molar-refractivity contribution in [2.75, 3.05) is 5.32 Å². The lowest BCUT2D eigenvalue weighted by molar-refractivity contribution is -0.123. The number of hydrogen-bond donors (Lipinski definition) is 1. The fraction of sp³-hybridized carbons (Fsp3) is 0.429. The van der Waals surface area contributed by atoms with Crippen LogP contribution < -0.4 is 5.32 Å². The molecule has 1 aliphatic rings. The van der Waals surface area contributed by atoms with Crippen LogP contribution in [0.5, 0.6) is 0 Å². The van der Waals surface area contributed by atoms with Crippen molar-refractivity contribution in [2.45, 2.75) is 58.5 Å². The molecule has 1 N–H and O–H groups in total. The second kappa shape index (κ2) is 8.04. The highest BCUT2D eigenvalue weighted by Gasteiger charge is 2.25. The highest BCUT2D eigenvalue weighted by atomic mass is 32.1. The number of anilines is 1. The zero-order valence-corrected chi connectivity index (χ0v) is 16.3. The van der Waals surface area contributed by atoms with Gasteiger partial charge in [0, 0.05) is 15.9 Å². The predicted molar refractivity (Wildman–Crippen MR) is 105 cm³/mol. The van der Waals surface area contributed by atoms with Crippen LogP contribution in [0.25, 0.3) is 0 Å². The van der Waals surface area contributed by atoms with Gasteiger partial charge in [0.1, 0.15) is 0 Å². The molecule has 1 aromatic heterocycles. The quantitative estimate of drug-likeness (QED) is 0.758. The van der Waals surface area contributed by atoms with Crippen LogP contribution in [0.15, 0.2) is 29.6 Å². The summed E-state index contributed by atoms with van der Waals surface area (Å²) in [7, 11) is 0. The Morgan fingerprint density at radius 2 is 1.85 bits per heavy atom. The molecule has 5 heteroatoms. The Kier molecular flexibility index (Phi) is 5.77. The van der Waals surface area contributed by atoms with E-state index in [2.05, 4.69) is 19.2 Å². The molecule has 1 aromatic carbocycles. The molecule has 4 nitrogen and oxygen atoms in total. The SMILES string of the molecule is CC(C)c1ccccc1NC(=O)[C@@H](C)OC(=O)c1csc2c1CCCC2. The molecule has 1 aliphatic carbocycles. The number of benzene rings is 1. The summed E-state index contributed by atoms with van der Waals surface area (Å²) in [6.45, 7) is 5.77. The first-order chi connectivity index (χ1) is 12.5. The fourth-order valence-electron chi connectivity index (χ4n) is 3.29. The number of carbonyl (C=O) groups excluding carboxylic acids is 2. The van der Waals surface area contributed by atoms with Gasteiger partial charge in [0.05, 0.1) is 5.56 Å². The lowest BCUT2D eigenvalue weighted by Gasteiger charge is -2.17. The molecular weight excluding hydrogens is 346 g/mol. The number of hydrogen-bond acceptors (Lipinski definition) is 4. The summed E-state index contributed by atoms with van der Waals surface area (Å²) >= 11 is 1.62. The summed E-state index contributed by atoms with van der Waals surface area (Å²) in [4.78, 5) is 26.3. The third kappa shape index (κ3) is 3.98. The van der Waals surface area contributed by atoms with Crippen LogP contribution >= 0.6 is 11.3 Å². The number of thiophene rings is 1. The molecule has 0 saturated carbocycles. The zero-order valence-electron chi connectivity index (χ0n) is 15.5.